The van der Waals surface area contributed by atoms with Crippen molar-refractivity contribution in [2.24, 2.45) is 0 Å². The van der Waals surface area contributed by atoms with Crippen LogP contribution in [0.5, 0.6) is 0 Å². The molecule has 0 aromatic heterocycles. The summed E-state index contributed by atoms with van der Waals surface area (Å²) in [6, 6.07) is 13.4. The van der Waals surface area contributed by atoms with Gasteiger partial charge in [-0.1, -0.05) is 43.3 Å². The highest BCUT2D eigenvalue weighted by Gasteiger charge is 2.36. The topological polar surface area (TPSA) is 18.5 Å². The van der Waals surface area contributed by atoms with E-state index in [9.17, 15) is 13.2 Å². The molecule has 0 aliphatic carbocycles. The van der Waals surface area contributed by atoms with Crippen molar-refractivity contribution in [3.8, 4) is 11.1 Å². The van der Waals surface area contributed by atoms with Crippen LogP contribution in [0, 0.1) is 0 Å². The summed E-state index contributed by atoms with van der Waals surface area (Å²) in [5.41, 5.74) is 0.612. The molecule has 0 amide bonds. The predicted octanol–water partition coefficient (Wildman–Crippen LogP) is 4.33. The lowest BCUT2D eigenvalue weighted by Crippen LogP contribution is -2.51. The van der Waals surface area contributed by atoms with Crippen LogP contribution in [0.25, 0.3) is 11.1 Å². The van der Waals surface area contributed by atoms with E-state index in [1.807, 2.05) is 19.1 Å². The van der Waals surface area contributed by atoms with E-state index in [2.05, 4.69) is 0 Å². The van der Waals surface area contributed by atoms with Crippen molar-refractivity contribution in [3.63, 3.8) is 0 Å². The first-order valence-electron chi connectivity index (χ1n) is 7.25. The molecule has 2 nitrogen and oxygen atoms in total. The van der Waals surface area contributed by atoms with Gasteiger partial charge in [0.1, 0.15) is 0 Å². The van der Waals surface area contributed by atoms with Gasteiger partial charge in [0.2, 0.25) is 0 Å². The normalized spacial score (nSPS) is 12.4. The highest BCUT2D eigenvalue weighted by Crippen LogP contribution is 2.32. The van der Waals surface area contributed by atoms with Crippen LogP contribution in [0.1, 0.15) is 12.5 Å². The number of rotatable bonds is 5. The Morgan fingerprint density at radius 1 is 0.913 bits per heavy atom. The van der Waals surface area contributed by atoms with Gasteiger partial charge in [0, 0.05) is 14.2 Å². The molecule has 0 saturated carbocycles. The van der Waals surface area contributed by atoms with Gasteiger partial charge in [-0.25, -0.2) is 0 Å². The number of halogens is 3. The highest BCUT2D eigenvalue weighted by atomic mass is 28.4. The van der Waals surface area contributed by atoms with Gasteiger partial charge in [-0.15, -0.1) is 0 Å². The zero-order chi connectivity index (χ0) is 17.1. The summed E-state index contributed by atoms with van der Waals surface area (Å²) in [4.78, 5) is 0. The second kappa shape index (κ2) is 6.86. The predicted molar refractivity (Wildman–Crippen MR) is 86.8 cm³/mol. The van der Waals surface area contributed by atoms with E-state index in [0.29, 0.717) is 5.56 Å². The van der Waals surface area contributed by atoms with Crippen molar-refractivity contribution < 1.29 is 22.0 Å². The number of alkyl halides is 3. The fraction of sp³-hybridized carbons (Fsp3) is 0.294. The molecule has 2 rings (SSSR count). The molecule has 6 heteroatoms. The molecule has 0 bridgehead atoms. The smallest absolute Gasteiger partial charge is 0.394 e. The molecule has 0 atom stereocenters. The molecule has 0 aliphatic rings. The van der Waals surface area contributed by atoms with Crippen molar-refractivity contribution in [2.45, 2.75) is 19.1 Å². The van der Waals surface area contributed by atoms with E-state index in [1.54, 1.807) is 32.4 Å². The van der Waals surface area contributed by atoms with Crippen molar-refractivity contribution in [1.82, 2.24) is 0 Å². The van der Waals surface area contributed by atoms with Gasteiger partial charge >= 0.3 is 14.7 Å². The Morgan fingerprint density at radius 2 is 1.52 bits per heavy atom. The van der Waals surface area contributed by atoms with Crippen molar-refractivity contribution in [3.05, 3.63) is 54.1 Å². The fourth-order valence-corrected chi connectivity index (χ4v) is 4.90. The third-order valence-corrected chi connectivity index (χ3v) is 7.44. The molecular formula is C17H19F3O2Si. The maximum Gasteiger partial charge on any atom is 0.416 e. The molecule has 0 unspecified atom stereocenters. The van der Waals surface area contributed by atoms with Gasteiger partial charge in [-0.05, 0) is 34.5 Å². The van der Waals surface area contributed by atoms with Crippen LogP contribution in [0.4, 0.5) is 13.2 Å². The molecule has 0 spiro atoms. The molecule has 124 valence electrons. The molecule has 0 saturated heterocycles. The quantitative estimate of drug-likeness (QED) is 0.754. The molecule has 0 aliphatic heterocycles. The fourth-order valence-electron chi connectivity index (χ4n) is 2.60. The van der Waals surface area contributed by atoms with Crippen LogP contribution >= 0.6 is 0 Å². The second-order valence-electron chi connectivity index (χ2n) is 5.17. The molecule has 0 radical (unpaired) electrons. The Balaban J connectivity index is 2.37. The lowest BCUT2D eigenvalue weighted by atomic mass is 10.0. The lowest BCUT2D eigenvalue weighted by molar-refractivity contribution is -0.137. The van der Waals surface area contributed by atoms with E-state index in [4.69, 9.17) is 8.85 Å². The van der Waals surface area contributed by atoms with E-state index in [-0.39, 0.29) is 0 Å². The van der Waals surface area contributed by atoms with E-state index in [0.717, 1.165) is 28.9 Å². The minimum atomic E-state index is -4.34. The summed E-state index contributed by atoms with van der Waals surface area (Å²) in [6.07, 6.45) is -4.34. The maximum absolute atomic E-state index is 12.8. The number of hydrogen-bond acceptors (Lipinski definition) is 2. The second-order valence-corrected chi connectivity index (χ2v) is 8.78. The monoisotopic (exact) mass is 340 g/mol. The summed E-state index contributed by atoms with van der Waals surface area (Å²) in [5.74, 6) is 0. The van der Waals surface area contributed by atoms with Crippen molar-refractivity contribution in [1.29, 1.82) is 0 Å². The zero-order valence-electron chi connectivity index (χ0n) is 13.3. The van der Waals surface area contributed by atoms with Gasteiger partial charge in [-0.3, -0.25) is 0 Å². The van der Waals surface area contributed by atoms with Gasteiger partial charge in [0.05, 0.1) is 5.56 Å². The largest absolute Gasteiger partial charge is 0.416 e. The Kier molecular flexibility index (Phi) is 5.29. The average Bonchev–Trinajstić information content (AvgIpc) is 2.57. The standard InChI is InChI=1S/C17H19F3O2Si/c1-4-23(21-2,22-3)16-10-8-13(9-11-16)14-6-5-7-15(12-14)17(18,19)20/h5-12H,4H2,1-3H3. The minimum Gasteiger partial charge on any atom is -0.394 e. The van der Waals surface area contributed by atoms with Gasteiger partial charge < -0.3 is 8.85 Å². The highest BCUT2D eigenvalue weighted by molar-refractivity contribution is 6.81. The van der Waals surface area contributed by atoms with Gasteiger partial charge in [0.15, 0.2) is 0 Å². The Hall–Kier alpha value is -1.63. The van der Waals surface area contributed by atoms with Crippen LogP contribution in [0.2, 0.25) is 6.04 Å². The van der Waals surface area contributed by atoms with Crippen LogP contribution < -0.4 is 5.19 Å². The summed E-state index contributed by atoms with van der Waals surface area (Å²) in [5, 5.41) is 0.959. The third kappa shape index (κ3) is 3.65. The van der Waals surface area contributed by atoms with Crippen LogP contribution in [0.15, 0.2) is 48.5 Å². The molecular weight excluding hydrogens is 321 g/mol. The van der Waals surface area contributed by atoms with E-state index in [1.165, 1.54) is 6.07 Å². The van der Waals surface area contributed by atoms with Crippen molar-refractivity contribution >= 4 is 13.7 Å². The maximum atomic E-state index is 12.8. The van der Waals surface area contributed by atoms with E-state index >= 15 is 0 Å². The molecule has 2 aromatic rings. The average molecular weight is 340 g/mol. The lowest BCUT2D eigenvalue weighted by Gasteiger charge is -2.26. The first kappa shape index (κ1) is 17.7. The molecule has 0 fully saturated rings. The Labute approximate surface area is 135 Å². The number of hydrogen-bond donors (Lipinski definition) is 0. The van der Waals surface area contributed by atoms with Crippen molar-refractivity contribution in [2.75, 3.05) is 14.2 Å². The third-order valence-electron chi connectivity index (χ3n) is 3.97. The van der Waals surface area contributed by atoms with Gasteiger partial charge in [0.25, 0.3) is 0 Å². The summed E-state index contributed by atoms with van der Waals surface area (Å²) < 4.78 is 49.6. The minimum absolute atomic E-state index is 0.532. The summed E-state index contributed by atoms with van der Waals surface area (Å²) in [7, 11) is 0.812. The Morgan fingerprint density at radius 3 is 2.00 bits per heavy atom. The van der Waals surface area contributed by atoms with Crippen LogP contribution in [-0.4, -0.2) is 22.8 Å². The first-order chi connectivity index (χ1) is 10.9. The first-order valence-corrected chi connectivity index (χ1v) is 9.27. The molecule has 0 N–H and O–H groups in total. The molecule has 2 aromatic carbocycles. The van der Waals surface area contributed by atoms with Gasteiger partial charge in [-0.2, -0.15) is 13.2 Å². The number of benzene rings is 2. The van der Waals surface area contributed by atoms with Crippen LogP contribution in [-0.2, 0) is 15.0 Å². The molecule has 0 heterocycles. The van der Waals surface area contributed by atoms with E-state index < -0.39 is 20.3 Å². The summed E-state index contributed by atoms with van der Waals surface area (Å²) >= 11 is 0. The Bertz CT molecular complexity index is 641. The van der Waals surface area contributed by atoms with Crippen LogP contribution in [0.3, 0.4) is 0 Å². The summed E-state index contributed by atoms with van der Waals surface area (Å²) in [6.45, 7) is 2.00. The zero-order valence-corrected chi connectivity index (χ0v) is 14.3. The SMILES string of the molecule is CC[Si](OC)(OC)c1ccc(-c2cccc(C(F)(F)F)c2)cc1. The molecule has 23 heavy (non-hydrogen) atoms.